The van der Waals surface area contributed by atoms with E-state index in [0.29, 0.717) is 16.2 Å². The second-order valence-corrected chi connectivity index (χ2v) is 5.13. The fourth-order valence-electron chi connectivity index (χ4n) is 2.34. The summed E-state index contributed by atoms with van der Waals surface area (Å²) in [5.41, 5.74) is 1.87. The summed E-state index contributed by atoms with van der Waals surface area (Å²) in [5, 5.41) is 9.62. The molecule has 3 rings (SSSR count). The predicted molar refractivity (Wildman–Crippen MR) is 80.6 cm³/mol. The molecule has 2 aromatic carbocycles. The third-order valence-electron chi connectivity index (χ3n) is 3.29. The van der Waals surface area contributed by atoms with Crippen LogP contribution >= 0.6 is 11.6 Å². The average Bonchev–Trinajstić information content (AvgIpc) is 2.74. The maximum Gasteiger partial charge on any atom is 0.337 e. The molecule has 0 atom stereocenters. The maximum absolute atomic E-state index is 12.2. The van der Waals surface area contributed by atoms with Crippen LogP contribution in [0.1, 0.15) is 15.9 Å². The maximum atomic E-state index is 12.2. The Kier molecular flexibility index (Phi) is 3.07. The number of rotatable bonds is 2. The molecule has 0 fully saturated rings. The Labute approximate surface area is 124 Å². The zero-order chi connectivity index (χ0) is 15.1. The SMILES string of the molecule is Cc1ccc(-n2c(=O)[nH]c3c(C(=O)O)cccc32)c(Cl)c1. The van der Waals surface area contributed by atoms with E-state index in [1.54, 1.807) is 24.3 Å². The number of hydrogen-bond acceptors (Lipinski definition) is 2. The van der Waals surface area contributed by atoms with Crippen LogP contribution in [0.2, 0.25) is 5.02 Å². The zero-order valence-electron chi connectivity index (χ0n) is 11.1. The standard InChI is InChI=1S/C15H11ClN2O3/c1-8-5-6-11(10(16)7-8)18-12-4-2-3-9(14(19)20)13(12)17-15(18)21/h2-7H,1H3,(H,17,21)(H,19,20). The number of aromatic nitrogens is 2. The van der Waals surface area contributed by atoms with Gasteiger partial charge in [0.15, 0.2) is 0 Å². The fraction of sp³-hybridized carbons (Fsp3) is 0.0667. The van der Waals surface area contributed by atoms with Gasteiger partial charge in [0.1, 0.15) is 0 Å². The highest BCUT2D eigenvalue weighted by molar-refractivity contribution is 6.32. The summed E-state index contributed by atoms with van der Waals surface area (Å²) >= 11 is 6.21. The van der Waals surface area contributed by atoms with Crippen LogP contribution in [0.4, 0.5) is 0 Å². The second-order valence-electron chi connectivity index (χ2n) is 4.73. The molecule has 0 radical (unpaired) electrons. The molecule has 0 saturated carbocycles. The molecular formula is C15H11ClN2O3. The number of aromatic amines is 1. The van der Waals surface area contributed by atoms with Crippen molar-refractivity contribution in [1.82, 2.24) is 9.55 Å². The van der Waals surface area contributed by atoms with E-state index in [-0.39, 0.29) is 11.1 Å². The number of halogens is 1. The third kappa shape index (κ3) is 2.11. The normalized spacial score (nSPS) is 11.0. The van der Waals surface area contributed by atoms with E-state index >= 15 is 0 Å². The van der Waals surface area contributed by atoms with E-state index in [2.05, 4.69) is 4.98 Å². The third-order valence-corrected chi connectivity index (χ3v) is 3.60. The number of aryl methyl sites for hydroxylation is 1. The van der Waals surface area contributed by atoms with Crippen molar-refractivity contribution >= 4 is 28.6 Å². The molecule has 5 nitrogen and oxygen atoms in total. The van der Waals surface area contributed by atoms with Crippen LogP contribution in [-0.4, -0.2) is 20.6 Å². The summed E-state index contributed by atoms with van der Waals surface area (Å²) < 4.78 is 1.38. The van der Waals surface area contributed by atoms with Gasteiger partial charge >= 0.3 is 11.7 Å². The first kappa shape index (κ1) is 13.5. The van der Waals surface area contributed by atoms with Crippen LogP contribution in [0.5, 0.6) is 0 Å². The first-order valence-electron chi connectivity index (χ1n) is 6.22. The highest BCUT2D eigenvalue weighted by Gasteiger charge is 2.16. The van der Waals surface area contributed by atoms with E-state index in [1.807, 2.05) is 13.0 Å². The lowest BCUT2D eigenvalue weighted by atomic mass is 10.2. The Hall–Kier alpha value is -2.53. The Morgan fingerprint density at radius 3 is 2.71 bits per heavy atom. The Balaban J connectivity index is 2.39. The van der Waals surface area contributed by atoms with Gasteiger partial charge in [-0.15, -0.1) is 0 Å². The van der Waals surface area contributed by atoms with Crippen LogP contribution in [0.25, 0.3) is 16.7 Å². The van der Waals surface area contributed by atoms with Crippen LogP contribution in [0, 0.1) is 6.92 Å². The zero-order valence-corrected chi connectivity index (χ0v) is 11.8. The molecule has 0 unspecified atom stereocenters. The quantitative estimate of drug-likeness (QED) is 0.764. The molecule has 0 spiro atoms. The number of aromatic carboxylic acids is 1. The number of imidazole rings is 1. The monoisotopic (exact) mass is 302 g/mol. The minimum absolute atomic E-state index is 0.0478. The highest BCUT2D eigenvalue weighted by atomic mass is 35.5. The molecule has 1 aromatic heterocycles. The molecule has 106 valence electrons. The molecule has 6 heteroatoms. The summed E-state index contributed by atoms with van der Waals surface area (Å²) in [6, 6.07) is 10.0. The number of carbonyl (C=O) groups is 1. The molecule has 0 bridgehead atoms. The van der Waals surface area contributed by atoms with Crippen LogP contribution in [-0.2, 0) is 0 Å². The van der Waals surface area contributed by atoms with Crippen LogP contribution in [0.3, 0.4) is 0 Å². The largest absolute Gasteiger partial charge is 0.478 e. The summed E-state index contributed by atoms with van der Waals surface area (Å²) in [5.74, 6) is -1.09. The number of para-hydroxylation sites is 1. The molecular weight excluding hydrogens is 292 g/mol. The van der Waals surface area contributed by atoms with Crippen molar-refractivity contribution < 1.29 is 9.90 Å². The van der Waals surface area contributed by atoms with E-state index in [1.165, 1.54) is 10.6 Å². The number of nitrogens with zero attached hydrogens (tertiary/aromatic N) is 1. The summed E-state index contributed by atoms with van der Waals surface area (Å²) in [6.45, 7) is 1.90. The van der Waals surface area contributed by atoms with Gasteiger partial charge in [-0.05, 0) is 36.8 Å². The van der Waals surface area contributed by atoms with E-state index in [0.717, 1.165) is 5.56 Å². The van der Waals surface area contributed by atoms with E-state index < -0.39 is 11.7 Å². The van der Waals surface area contributed by atoms with Crippen molar-refractivity contribution in [2.75, 3.05) is 0 Å². The number of nitrogens with one attached hydrogen (secondary N) is 1. The summed E-state index contributed by atoms with van der Waals surface area (Å²) in [4.78, 5) is 26.0. The topological polar surface area (TPSA) is 75.1 Å². The molecule has 1 heterocycles. The molecule has 0 aliphatic heterocycles. The molecule has 0 saturated heterocycles. The lowest BCUT2D eigenvalue weighted by Gasteiger charge is -2.07. The molecule has 3 aromatic rings. The van der Waals surface area contributed by atoms with Crippen LogP contribution < -0.4 is 5.69 Å². The van der Waals surface area contributed by atoms with Crippen molar-refractivity contribution in [1.29, 1.82) is 0 Å². The van der Waals surface area contributed by atoms with E-state index in [4.69, 9.17) is 11.6 Å². The number of H-pyrrole nitrogens is 1. The molecule has 2 N–H and O–H groups in total. The minimum atomic E-state index is -1.09. The average molecular weight is 303 g/mol. The second kappa shape index (κ2) is 4.79. The van der Waals surface area contributed by atoms with Gasteiger partial charge in [-0.2, -0.15) is 0 Å². The first-order valence-corrected chi connectivity index (χ1v) is 6.60. The van der Waals surface area contributed by atoms with Gasteiger partial charge in [0.2, 0.25) is 0 Å². The van der Waals surface area contributed by atoms with Gasteiger partial charge in [-0.1, -0.05) is 23.7 Å². The lowest BCUT2D eigenvalue weighted by molar-refractivity contribution is 0.0699. The van der Waals surface area contributed by atoms with Gasteiger partial charge in [0.25, 0.3) is 0 Å². The Morgan fingerprint density at radius 2 is 2.05 bits per heavy atom. The number of benzene rings is 2. The summed E-state index contributed by atoms with van der Waals surface area (Å²) in [6.07, 6.45) is 0. The predicted octanol–water partition coefficient (Wildman–Crippen LogP) is 2.98. The van der Waals surface area contributed by atoms with Gasteiger partial charge in [-0.3, -0.25) is 4.57 Å². The molecule has 0 amide bonds. The van der Waals surface area contributed by atoms with Crippen molar-refractivity contribution in [3.63, 3.8) is 0 Å². The number of carboxylic acids is 1. The first-order chi connectivity index (χ1) is 9.99. The number of hydrogen-bond donors (Lipinski definition) is 2. The van der Waals surface area contributed by atoms with Crippen molar-refractivity contribution in [2.45, 2.75) is 6.92 Å². The number of fused-ring (bicyclic) bond motifs is 1. The van der Waals surface area contributed by atoms with Crippen molar-refractivity contribution in [3.05, 3.63) is 63.0 Å². The van der Waals surface area contributed by atoms with Gasteiger partial charge in [0.05, 0.1) is 27.3 Å². The van der Waals surface area contributed by atoms with Crippen molar-refractivity contribution in [2.24, 2.45) is 0 Å². The molecule has 0 aliphatic carbocycles. The molecule has 21 heavy (non-hydrogen) atoms. The van der Waals surface area contributed by atoms with Crippen LogP contribution in [0.15, 0.2) is 41.2 Å². The Bertz CT molecular complexity index is 924. The van der Waals surface area contributed by atoms with Crippen molar-refractivity contribution in [3.8, 4) is 5.69 Å². The van der Waals surface area contributed by atoms with E-state index in [9.17, 15) is 14.7 Å². The highest BCUT2D eigenvalue weighted by Crippen LogP contribution is 2.25. The van der Waals surface area contributed by atoms with Gasteiger partial charge in [-0.25, -0.2) is 9.59 Å². The number of carboxylic acid groups (broad SMARTS) is 1. The Morgan fingerprint density at radius 1 is 1.29 bits per heavy atom. The van der Waals surface area contributed by atoms with Gasteiger partial charge < -0.3 is 10.1 Å². The smallest absolute Gasteiger partial charge is 0.337 e. The minimum Gasteiger partial charge on any atom is -0.478 e. The molecule has 0 aliphatic rings. The van der Waals surface area contributed by atoms with Gasteiger partial charge in [0, 0.05) is 0 Å². The fourth-order valence-corrected chi connectivity index (χ4v) is 2.66. The lowest BCUT2D eigenvalue weighted by Crippen LogP contribution is -2.14. The summed E-state index contributed by atoms with van der Waals surface area (Å²) in [7, 11) is 0.